The average Bonchev–Trinajstić information content (AvgIpc) is 2.46. The minimum atomic E-state index is -0.581. The summed E-state index contributed by atoms with van der Waals surface area (Å²) in [5.41, 5.74) is 0.523. The molecule has 0 amide bonds. The lowest BCUT2D eigenvalue weighted by molar-refractivity contribution is 0.0919. The fourth-order valence-electron chi connectivity index (χ4n) is 1.62. The SMILES string of the molecule is CSc1ccc(C(=O)COc2c(F)cccc2Cl)cc1. The van der Waals surface area contributed by atoms with Crippen molar-refractivity contribution in [1.29, 1.82) is 0 Å². The number of benzene rings is 2. The van der Waals surface area contributed by atoms with E-state index in [1.54, 1.807) is 23.9 Å². The van der Waals surface area contributed by atoms with E-state index < -0.39 is 5.82 Å². The molecule has 0 spiro atoms. The van der Waals surface area contributed by atoms with Crippen molar-refractivity contribution in [2.24, 2.45) is 0 Å². The normalized spacial score (nSPS) is 10.3. The van der Waals surface area contributed by atoms with Gasteiger partial charge in [-0.15, -0.1) is 11.8 Å². The molecule has 0 fully saturated rings. The summed E-state index contributed by atoms with van der Waals surface area (Å²) in [5.74, 6) is -0.900. The fourth-order valence-corrected chi connectivity index (χ4v) is 2.24. The average molecular weight is 311 g/mol. The van der Waals surface area contributed by atoms with Crippen molar-refractivity contribution in [3.63, 3.8) is 0 Å². The number of ether oxygens (including phenoxy) is 1. The predicted octanol–water partition coefficient (Wildman–Crippen LogP) is 4.46. The Balaban J connectivity index is 2.04. The molecule has 0 aliphatic rings. The first-order chi connectivity index (χ1) is 9.61. The molecule has 0 heterocycles. The summed E-state index contributed by atoms with van der Waals surface area (Å²) in [6, 6.07) is 11.4. The van der Waals surface area contributed by atoms with E-state index in [9.17, 15) is 9.18 Å². The monoisotopic (exact) mass is 310 g/mol. The van der Waals surface area contributed by atoms with E-state index >= 15 is 0 Å². The first-order valence-electron chi connectivity index (χ1n) is 5.86. The zero-order valence-corrected chi connectivity index (χ0v) is 12.3. The highest BCUT2D eigenvalue weighted by Crippen LogP contribution is 2.27. The number of carbonyl (C=O) groups is 1. The van der Waals surface area contributed by atoms with Gasteiger partial charge in [-0.3, -0.25) is 4.79 Å². The van der Waals surface area contributed by atoms with Gasteiger partial charge < -0.3 is 4.74 Å². The largest absolute Gasteiger partial charge is 0.481 e. The second-order valence-corrected chi connectivity index (χ2v) is 5.28. The highest BCUT2D eigenvalue weighted by molar-refractivity contribution is 7.98. The Hall–Kier alpha value is -1.52. The van der Waals surface area contributed by atoms with Crippen LogP contribution in [0.2, 0.25) is 5.02 Å². The lowest BCUT2D eigenvalue weighted by Crippen LogP contribution is -2.12. The maximum Gasteiger partial charge on any atom is 0.200 e. The standard InChI is InChI=1S/C15H12ClFO2S/c1-20-11-7-5-10(6-8-11)14(18)9-19-15-12(16)3-2-4-13(15)17/h2-8H,9H2,1H3. The molecular weight excluding hydrogens is 299 g/mol. The molecule has 2 aromatic rings. The summed E-state index contributed by atoms with van der Waals surface area (Å²) in [6.07, 6.45) is 1.96. The molecule has 20 heavy (non-hydrogen) atoms. The van der Waals surface area contributed by atoms with Crippen molar-refractivity contribution in [2.75, 3.05) is 12.9 Å². The molecule has 0 N–H and O–H groups in total. The zero-order valence-electron chi connectivity index (χ0n) is 10.7. The molecule has 0 saturated heterocycles. The van der Waals surface area contributed by atoms with Crippen molar-refractivity contribution in [1.82, 2.24) is 0 Å². The first-order valence-corrected chi connectivity index (χ1v) is 7.46. The molecule has 0 bridgehead atoms. The van der Waals surface area contributed by atoms with Gasteiger partial charge in [-0.05, 0) is 30.5 Å². The van der Waals surface area contributed by atoms with Gasteiger partial charge in [0.15, 0.2) is 24.0 Å². The highest BCUT2D eigenvalue weighted by atomic mass is 35.5. The number of thioether (sulfide) groups is 1. The Labute approximate surface area is 125 Å². The van der Waals surface area contributed by atoms with E-state index in [1.807, 2.05) is 18.4 Å². The van der Waals surface area contributed by atoms with Gasteiger partial charge >= 0.3 is 0 Å². The van der Waals surface area contributed by atoms with Gasteiger partial charge in [0, 0.05) is 10.5 Å². The van der Waals surface area contributed by atoms with Gasteiger partial charge in [0.1, 0.15) is 0 Å². The number of halogens is 2. The molecule has 0 aromatic heterocycles. The summed E-state index contributed by atoms with van der Waals surface area (Å²) in [6.45, 7) is -0.251. The van der Waals surface area contributed by atoms with Gasteiger partial charge in [0.25, 0.3) is 0 Å². The Morgan fingerprint density at radius 3 is 2.55 bits per heavy atom. The lowest BCUT2D eigenvalue weighted by atomic mass is 10.1. The number of Topliss-reactive ketones (excluding diaryl/α,β-unsaturated/α-hetero) is 1. The quantitative estimate of drug-likeness (QED) is 0.602. The van der Waals surface area contributed by atoms with Crippen LogP contribution in [0.15, 0.2) is 47.4 Å². The van der Waals surface area contributed by atoms with Crippen LogP contribution in [-0.4, -0.2) is 18.6 Å². The second kappa shape index (κ2) is 6.77. The Morgan fingerprint density at radius 2 is 1.95 bits per heavy atom. The molecule has 0 atom stereocenters. The molecule has 2 aromatic carbocycles. The van der Waals surface area contributed by atoms with E-state index in [4.69, 9.17) is 16.3 Å². The van der Waals surface area contributed by atoms with Crippen molar-refractivity contribution in [3.8, 4) is 5.75 Å². The number of rotatable bonds is 5. The van der Waals surface area contributed by atoms with Crippen LogP contribution >= 0.6 is 23.4 Å². The van der Waals surface area contributed by atoms with Gasteiger partial charge in [-0.1, -0.05) is 29.8 Å². The van der Waals surface area contributed by atoms with Crippen molar-refractivity contribution < 1.29 is 13.9 Å². The van der Waals surface area contributed by atoms with E-state index in [0.29, 0.717) is 5.56 Å². The van der Waals surface area contributed by atoms with Gasteiger partial charge in [-0.25, -0.2) is 4.39 Å². The molecule has 0 unspecified atom stereocenters. The smallest absolute Gasteiger partial charge is 0.200 e. The molecule has 2 rings (SSSR count). The lowest BCUT2D eigenvalue weighted by Gasteiger charge is -2.08. The van der Waals surface area contributed by atoms with Crippen LogP contribution in [0.1, 0.15) is 10.4 Å². The molecular formula is C15H12ClFO2S. The topological polar surface area (TPSA) is 26.3 Å². The summed E-state index contributed by atoms with van der Waals surface area (Å²) in [5, 5.41) is 0.149. The zero-order chi connectivity index (χ0) is 14.5. The molecule has 5 heteroatoms. The van der Waals surface area contributed by atoms with Crippen LogP contribution in [0.5, 0.6) is 5.75 Å². The van der Waals surface area contributed by atoms with Crippen molar-refractivity contribution >= 4 is 29.1 Å². The third-order valence-corrected chi connectivity index (χ3v) is 3.72. The van der Waals surface area contributed by atoms with Crippen molar-refractivity contribution in [2.45, 2.75) is 4.90 Å². The summed E-state index contributed by atoms with van der Waals surface area (Å²) >= 11 is 7.41. The van der Waals surface area contributed by atoms with E-state index in [0.717, 1.165) is 4.90 Å². The van der Waals surface area contributed by atoms with E-state index in [2.05, 4.69) is 0 Å². The van der Waals surface area contributed by atoms with E-state index in [-0.39, 0.29) is 23.2 Å². The van der Waals surface area contributed by atoms with Crippen molar-refractivity contribution in [3.05, 3.63) is 58.9 Å². The Bertz CT molecular complexity index is 594. The summed E-state index contributed by atoms with van der Waals surface area (Å²) < 4.78 is 18.7. The predicted molar refractivity (Wildman–Crippen MR) is 79.5 cm³/mol. The van der Waals surface area contributed by atoms with Crippen LogP contribution in [0.3, 0.4) is 0 Å². The molecule has 0 radical (unpaired) electrons. The van der Waals surface area contributed by atoms with Crippen LogP contribution in [0.25, 0.3) is 0 Å². The molecule has 104 valence electrons. The Kier molecular flexibility index (Phi) is 5.04. The van der Waals surface area contributed by atoms with Gasteiger partial charge in [0.2, 0.25) is 0 Å². The number of para-hydroxylation sites is 1. The minimum Gasteiger partial charge on any atom is -0.481 e. The summed E-state index contributed by atoms with van der Waals surface area (Å²) in [7, 11) is 0. The van der Waals surface area contributed by atoms with Gasteiger partial charge in [0.05, 0.1) is 5.02 Å². The van der Waals surface area contributed by atoms with Crippen LogP contribution in [0, 0.1) is 5.82 Å². The minimum absolute atomic E-state index is 0.0942. The fraction of sp³-hybridized carbons (Fsp3) is 0.133. The number of hydrogen-bond acceptors (Lipinski definition) is 3. The third-order valence-electron chi connectivity index (χ3n) is 2.68. The van der Waals surface area contributed by atoms with Gasteiger partial charge in [-0.2, -0.15) is 0 Å². The maximum atomic E-state index is 13.5. The Morgan fingerprint density at radius 1 is 1.25 bits per heavy atom. The van der Waals surface area contributed by atoms with Crippen LogP contribution in [-0.2, 0) is 0 Å². The molecule has 0 saturated carbocycles. The van der Waals surface area contributed by atoms with Crippen LogP contribution < -0.4 is 4.74 Å². The number of hydrogen-bond donors (Lipinski definition) is 0. The molecule has 2 nitrogen and oxygen atoms in total. The third kappa shape index (κ3) is 3.52. The number of ketones is 1. The highest BCUT2D eigenvalue weighted by Gasteiger charge is 2.12. The molecule has 0 aliphatic carbocycles. The number of carbonyl (C=O) groups excluding carboxylic acids is 1. The first kappa shape index (κ1) is 14.9. The van der Waals surface area contributed by atoms with Crippen LogP contribution in [0.4, 0.5) is 4.39 Å². The van der Waals surface area contributed by atoms with E-state index in [1.165, 1.54) is 18.2 Å². The summed E-state index contributed by atoms with van der Waals surface area (Å²) in [4.78, 5) is 13.0. The molecule has 0 aliphatic heterocycles. The second-order valence-electron chi connectivity index (χ2n) is 3.99. The maximum absolute atomic E-state index is 13.5.